The summed E-state index contributed by atoms with van der Waals surface area (Å²) in [6.07, 6.45) is 1.55. The SMILES string of the molecule is CC(C)CC(N)C(=O)NC(Cc1cnc[nH]1)C(=O)NC(CCC(N)=O)C(=O)NC(CC(=O)O)C(=O)O. The summed E-state index contributed by atoms with van der Waals surface area (Å²) >= 11 is 0. The number of carboxylic acid groups (broad SMARTS) is 2. The molecule has 15 heteroatoms. The molecule has 200 valence electrons. The molecule has 0 aromatic carbocycles. The van der Waals surface area contributed by atoms with Gasteiger partial charge in [0.25, 0.3) is 0 Å². The third kappa shape index (κ3) is 10.9. The van der Waals surface area contributed by atoms with Gasteiger partial charge in [-0.3, -0.25) is 24.0 Å². The summed E-state index contributed by atoms with van der Waals surface area (Å²) in [6.45, 7) is 3.75. The van der Waals surface area contributed by atoms with E-state index in [1.807, 2.05) is 19.2 Å². The fraction of sp³-hybridized carbons (Fsp3) is 0.571. The molecule has 0 fully saturated rings. The fourth-order valence-corrected chi connectivity index (χ4v) is 3.19. The van der Waals surface area contributed by atoms with Gasteiger partial charge in [-0.2, -0.15) is 0 Å². The standard InChI is InChI=1S/C21H33N7O8/c1-10(2)5-12(22)18(32)27-14(6-11-8-24-9-25-11)20(34)26-13(3-4-16(23)29)19(33)28-15(21(35)36)7-17(30)31/h8-10,12-15H,3-7,22H2,1-2H3,(H2,23,29)(H,24,25)(H,26,34)(H,27,32)(H,28,33)(H,30,31)(H,35,36). The van der Waals surface area contributed by atoms with E-state index in [9.17, 15) is 33.9 Å². The Bertz CT molecular complexity index is 935. The van der Waals surface area contributed by atoms with E-state index >= 15 is 0 Å². The topological polar surface area (TPSA) is 260 Å². The van der Waals surface area contributed by atoms with Crippen LogP contribution in [-0.2, 0) is 35.2 Å². The van der Waals surface area contributed by atoms with Crippen molar-refractivity contribution >= 4 is 35.6 Å². The van der Waals surface area contributed by atoms with E-state index in [0.29, 0.717) is 12.1 Å². The Morgan fingerprint density at radius 2 is 1.56 bits per heavy atom. The van der Waals surface area contributed by atoms with Crippen LogP contribution in [0.1, 0.15) is 45.2 Å². The van der Waals surface area contributed by atoms with E-state index < -0.39 is 66.2 Å². The smallest absolute Gasteiger partial charge is 0.326 e. The molecule has 0 spiro atoms. The molecule has 0 aliphatic carbocycles. The summed E-state index contributed by atoms with van der Waals surface area (Å²) in [4.78, 5) is 78.6. The molecule has 10 N–H and O–H groups in total. The lowest BCUT2D eigenvalue weighted by Crippen LogP contribution is -2.58. The van der Waals surface area contributed by atoms with Crippen LogP contribution in [0.15, 0.2) is 12.5 Å². The number of imidazole rings is 1. The van der Waals surface area contributed by atoms with E-state index in [0.717, 1.165) is 0 Å². The van der Waals surface area contributed by atoms with E-state index in [1.54, 1.807) is 0 Å². The molecule has 15 nitrogen and oxygen atoms in total. The summed E-state index contributed by atoms with van der Waals surface area (Å²) < 4.78 is 0. The number of carboxylic acids is 2. The number of H-pyrrole nitrogens is 1. The second kappa shape index (κ2) is 14.4. The Hall–Kier alpha value is -4.01. The lowest BCUT2D eigenvalue weighted by molar-refractivity contribution is -0.147. The van der Waals surface area contributed by atoms with Crippen LogP contribution in [0, 0.1) is 5.92 Å². The van der Waals surface area contributed by atoms with Gasteiger partial charge in [0.1, 0.15) is 18.1 Å². The zero-order valence-electron chi connectivity index (χ0n) is 20.0. The van der Waals surface area contributed by atoms with Gasteiger partial charge in [0.15, 0.2) is 0 Å². The monoisotopic (exact) mass is 511 g/mol. The minimum atomic E-state index is -1.78. The Kier molecular flexibility index (Phi) is 12.0. The molecule has 1 aromatic rings. The van der Waals surface area contributed by atoms with E-state index in [4.69, 9.17) is 16.6 Å². The number of carbonyl (C=O) groups excluding carboxylic acids is 4. The second-order valence-corrected chi connectivity index (χ2v) is 8.64. The van der Waals surface area contributed by atoms with Crippen molar-refractivity contribution in [1.29, 1.82) is 0 Å². The summed E-state index contributed by atoms with van der Waals surface area (Å²) in [5.74, 6) is -6.22. The maximum absolute atomic E-state index is 13.1. The quantitative estimate of drug-likeness (QED) is 0.117. The van der Waals surface area contributed by atoms with Crippen LogP contribution in [0.25, 0.3) is 0 Å². The van der Waals surface area contributed by atoms with Gasteiger partial charge in [-0.05, 0) is 18.8 Å². The van der Waals surface area contributed by atoms with Crippen LogP contribution in [0.5, 0.6) is 0 Å². The van der Waals surface area contributed by atoms with Crippen molar-refractivity contribution in [3.63, 3.8) is 0 Å². The van der Waals surface area contributed by atoms with Crippen LogP contribution in [0.3, 0.4) is 0 Å². The van der Waals surface area contributed by atoms with Crippen molar-refractivity contribution in [2.75, 3.05) is 0 Å². The van der Waals surface area contributed by atoms with Crippen molar-refractivity contribution in [2.24, 2.45) is 17.4 Å². The molecular formula is C21H33N7O8. The fourth-order valence-electron chi connectivity index (χ4n) is 3.19. The average Bonchev–Trinajstić information content (AvgIpc) is 3.27. The number of aliphatic carboxylic acids is 2. The number of nitrogens with zero attached hydrogens (tertiary/aromatic N) is 1. The number of hydrogen-bond acceptors (Lipinski definition) is 8. The average molecular weight is 512 g/mol. The molecule has 0 saturated carbocycles. The first-order valence-corrected chi connectivity index (χ1v) is 11.2. The van der Waals surface area contributed by atoms with Crippen molar-refractivity contribution in [3.8, 4) is 0 Å². The van der Waals surface area contributed by atoms with Crippen LogP contribution < -0.4 is 27.4 Å². The number of aromatic amines is 1. The lowest BCUT2D eigenvalue weighted by Gasteiger charge is -2.25. The zero-order valence-corrected chi connectivity index (χ0v) is 20.0. The molecule has 0 saturated heterocycles. The third-order valence-corrected chi connectivity index (χ3v) is 4.98. The first kappa shape index (κ1) is 30.0. The van der Waals surface area contributed by atoms with E-state index in [1.165, 1.54) is 12.5 Å². The van der Waals surface area contributed by atoms with Crippen molar-refractivity contribution in [2.45, 2.75) is 70.1 Å². The Morgan fingerprint density at radius 3 is 2.06 bits per heavy atom. The highest BCUT2D eigenvalue weighted by atomic mass is 16.4. The van der Waals surface area contributed by atoms with Crippen LogP contribution in [-0.4, -0.2) is 79.9 Å². The van der Waals surface area contributed by atoms with E-state index in [2.05, 4.69) is 20.6 Å². The lowest BCUT2D eigenvalue weighted by atomic mass is 10.0. The summed E-state index contributed by atoms with van der Waals surface area (Å²) in [6, 6.07) is -5.35. The molecule has 1 heterocycles. The number of hydrogen-bond donors (Lipinski definition) is 8. The van der Waals surface area contributed by atoms with Crippen molar-refractivity contribution in [1.82, 2.24) is 25.9 Å². The number of nitrogens with two attached hydrogens (primary N) is 2. The molecule has 0 aliphatic heterocycles. The number of carbonyl (C=O) groups is 6. The second-order valence-electron chi connectivity index (χ2n) is 8.64. The molecule has 0 aliphatic rings. The van der Waals surface area contributed by atoms with Crippen LogP contribution in [0.2, 0.25) is 0 Å². The maximum atomic E-state index is 13.1. The Morgan fingerprint density at radius 1 is 0.972 bits per heavy atom. The molecule has 4 atom stereocenters. The van der Waals surface area contributed by atoms with Gasteiger partial charge in [0.05, 0.1) is 18.8 Å². The third-order valence-electron chi connectivity index (χ3n) is 4.98. The molecule has 0 bridgehead atoms. The number of rotatable bonds is 16. The van der Waals surface area contributed by atoms with Crippen molar-refractivity contribution in [3.05, 3.63) is 18.2 Å². The molecule has 4 unspecified atom stereocenters. The highest BCUT2D eigenvalue weighted by Crippen LogP contribution is 2.07. The minimum absolute atomic E-state index is 0.0487. The number of primary amides is 1. The van der Waals surface area contributed by atoms with E-state index in [-0.39, 0.29) is 25.2 Å². The van der Waals surface area contributed by atoms with Gasteiger partial charge < -0.3 is 42.6 Å². The van der Waals surface area contributed by atoms with Crippen LogP contribution >= 0.6 is 0 Å². The molecule has 1 rings (SSSR count). The molecule has 1 aromatic heterocycles. The number of nitrogens with one attached hydrogen (secondary N) is 4. The summed E-state index contributed by atoms with van der Waals surface area (Å²) in [5, 5.41) is 25.0. The zero-order chi connectivity index (χ0) is 27.4. The van der Waals surface area contributed by atoms with Gasteiger partial charge in [-0.25, -0.2) is 9.78 Å². The van der Waals surface area contributed by atoms with Gasteiger partial charge in [-0.1, -0.05) is 13.8 Å². The highest BCUT2D eigenvalue weighted by Gasteiger charge is 2.31. The molecule has 0 radical (unpaired) electrons. The summed E-state index contributed by atoms with van der Waals surface area (Å²) in [5.41, 5.74) is 11.5. The minimum Gasteiger partial charge on any atom is -0.481 e. The largest absolute Gasteiger partial charge is 0.481 e. The predicted molar refractivity (Wildman–Crippen MR) is 124 cm³/mol. The normalized spacial score (nSPS) is 14.2. The Balaban J connectivity index is 3.09. The summed E-state index contributed by atoms with van der Waals surface area (Å²) in [7, 11) is 0. The number of aromatic nitrogens is 2. The van der Waals surface area contributed by atoms with Gasteiger partial charge in [-0.15, -0.1) is 0 Å². The first-order valence-electron chi connectivity index (χ1n) is 11.2. The van der Waals surface area contributed by atoms with Crippen LogP contribution in [0.4, 0.5) is 0 Å². The molecule has 36 heavy (non-hydrogen) atoms. The van der Waals surface area contributed by atoms with Crippen molar-refractivity contribution < 1.29 is 39.0 Å². The van der Waals surface area contributed by atoms with Gasteiger partial charge in [0.2, 0.25) is 23.6 Å². The number of amides is 4. The maximum Gasteiger partial charge on any atom is 0.326 e. The highest BCUT2D eigenvalue weighted by molar-refractivity contribution is 5.95. The predicted octanol–water partition coefficient (Wildman–Crippen LogP) is -2.40. The van der Waals surface area contributed by atoms with Gasteiger partial charge >= 0.3 is 11.9 Å². The Labute approximate surface area is 206 Å². The van der Waals surface area contributed by atoms with Gasteiger partial charge in [0, 0.05) is 24.7 Å². The molecular weight excluding hydrogens is 478 g/mol. The molecule has 4 amide bonds. The first-order chi connectivity index (χ1) is 16.8.